The molecule has 1 heterocycles. The van der Waals surface area contributed by atoms with E-state index in [0.717, 1.165) is 12.8 Å². The van der Waals surface area contributed by atoms with Gasteiger partial charge in [0, 0.05) is 28.7 Å². The number of halogens is 2. The number of benzene rings is 1. The molecule has 1 aliphatic rings. The highest BCUT2D eigenvalue weighted by Gasteiger charge is 2.34. The fourth-order valence-electron chi connectivity index (χ4n) is 2.74. The molecular formula is C18H24Cl2N2O3. The highest BCUT2D eigenvalue weighted by atomic mass is 35.5. The summed E-state index contributed by atoms with van der Waals surface area (Å²) in [5.74, 6) is -0.221. The van der Waals surface area contributed by atoms with E-state index < -0.39 is 17.7 Å². The summed E-state index contributed by atoms with van der Waals surface area (Å²) in [6.07, 6.45) is 1.91. The van der Waals surface area contributed by atoms with Gasteiger partial charge < -0.3 is 10.1 Å². The summed E-state index contributed by atoms with van der Waals surface area (Å²) in [7, 11) is 0. The number of rotatable bonds is 3. The molecule has 0 saturated carbocycles. The molecular weight excluding hydrogens is 363 g/mol. The first kappa shape index (κ1) is 19.9. The zero-order chi connectivity index (χ0) is 18.6. The van der Waals surface area contributed by atoms with Gasteiger partial charge in [-0.1, -0.05) is 29.3 Å². The summed E-state index contributed by atoms with van der Waals surface area (Å²) in [5.41, 5.74) is 0.0690. The maximum absolute atomic E-state index is 12.6. The molecule has 1 aromatic rings. The summed E-state index contributed by atoms with van der Waals surface area (Å²) >= 11 is 12.3. The Labute approximate surface area is 158 Å². The van der Waals surface area contributed by atoms with Gasteiger partial charge in [0.1, 0.15) is 11.6 Å². The van der Waals surface area contributed by atoms with Crippen molar-refractivity contribution in [3.63, 3.8) is 0 Å². The third kappa shape index (κ3) is 5.51. The first-order valence-corrected chi connectivity index (χ1v) is 9.15. The van der Waals surface area contributed by atoms with E-state index in [0.29, 0.717) is 28.6 Å². The summed E-state index contributed by atoms with van der Waals surface area (Å²) in [4.78, 5) is 26.5. The molecule has 0 radical (unpaired) electrons. The predicted octanol–water partition coefficient (Wildman–Crippen LogP) is 4.40. The van der Waals surface area contributed by atoms with Gasteiger partial charge in [0.05, 0.1) is 0 Å². The molecule has 0 unspecified atom stereocenters. The topological polar surface area (TPSA) is 58.6 Å². The molecule has 7 heteroatoms. The summed E-state index contributed by atoms with van der Waals surface area (Å²) in [5, 5.41) is 3.84. The van der Waals surface area contributed by atoms with Crippen molar-refractivity contribution < 1.29 is 14.3 Å². The molecule has 1 saturated heterocycles. The van der Waals surface area contributed by atoms with E-state index in [1.807, 2.05) is 20.8 Å². The number of hydrogen-bond donors (Lipinski definition) is 1. The lowest BCUT2D eigenvalue weighted by Crippen LogP contribution is -2.53. The van der Waals surface area contributed by atoms with E-state index in [4.69, 9.17) is 27.9 Å². The molecule has 0 aliphatic carbocycles. The van der Waals surface area contributed by atoms with Gasteiger partial charge in [0.25, 0.3) is 0 Å². The van der Waals surface area contributed by atoms with Crippen LogP contribution in [-0.4, -0.2) is 35.1 Å². The fraction of sp³-hybridized carbons (Fsp3) is 0.556. The average molecular weight is 387 g/mol. The maximum Gasteiger partial charge on any atom is 0.410 e. The molecule has 1 fully saturated rings. The Balaban J connectivity index is 2.04. The van der Waals surface area contributed by atoms with Crippen LogP contribution in [0.5, 0.6) is 0 Å². The van der Waals surface area contributed by atoms with E-state index in [1.54, 1.807) is 18.2 Å². The van der Waals surface area contributed by atoms with Gasteiger partial charge in [0.2, 0.25) is 5.91 Å². The molecule has 138 valence electrons. The number of likely N-dealkylation sites (tertiary alicyclic amines) is 1. The van der Waals surface area contributed by atoms with Crippen molar-refractivity contribution in [2.75, 3.05) is 6.54 Å². The third-order valence-corrected chi connectivity index (χ3v) is 4.64. The molecule has 1 aliphatic heterocycles. The van der Waals surface area contributed by atoms with Gasteiger partial charge in [-0.15, -0.1) is 0 Å². The lowest BCUT2D eigenvalue weighted by atomic mass is 10.0. The second-order valence-corrected chi connectivity index (χ2v) is 7.92. The Morgan fingerprint density at radius 3 is 2.48 bits per heavy atom. The number of amides is 2. The molecule has 1 N–H and O–H groups in total. The molecule has 0 spiro atoms. The van der Waals surface area contributed by atoms with Gasteiger partial charge in [-0.3, -0.25) is 9.69 Å². The van der Waals surface area contributed by atoms with Crippen molar-refractivity contribution in [3.8, 4) is 0 Å². The number of hydrogen-bond acceptors (Lipinski definition) is 3. The van der Waals surface area contributed by atoms with Gasteiger partial charge in [0.15, 0.2) is 0 Å². The zero-order valence-corrected chi connectivity index (χ0v) is 16.3. The van der Waals surface area contributed by atoms with Crippen LogP contribution >= 0.6 is 23.2 Å². The first-order chi connectivity index (χ1) is 11.7. The van der Waals surface area contributed by atoms with Crippen LogP contribution in [0.4, 0.5) is 4.79 Å². The lowest BCUT2D eigenvalue weighted by Gasteiger charge is -2.35. The standard InChI is InChI=1S/C18H24Cl2N2O3/c1-18(2,3)25-17(24)22-10-5-4-9-15(22)16(23)21-11-12-13(19)7-6-8-14(12)20/h6-8,15H,4-5,9-11H2,1-3H3,(H,21,23)/t15-/m0/s1. The van der Waals surface area contributed by atoms with Crippen molar-refractivity contribution in [2.24, 2.45) is 0 Å². The quantitative estimate of drug-likeness (QED) is 0.837. The minimum absolute atomic E-state index is 0.218. The molecule has 0 aromatic heterocycles. The van der Waals surface area contributed by atoms with E-state index in [1.165, 1.54) is 4.90 Å². The van der Waals surface area contributed by atoms with Crippen LogP contribution in [0.25, 0.3) is 0 Å². The Bertz CT molecular complexity index is 623. The second kappa shape index (κ2) is 8.28. The predicted molar refractivity (Wildman–Crippen MR) is 98.9 cm³/mol. The minimum Gasteiger partial charge on any atom is -0.444 e. The highest BCUT2D eigenvalue weighted by Crippen LogP contribution is 2.25. The van der Waals surface area contributed by atoms with Gasteiger partial charge in [-0.25, -0.2) is 4.79 Å². The summed E-state index contributed by atoms with van der Waals surface area (Å²) < 4.78 is 5.42. The zero-order valence-electron chi connectivity index (χ0n) is 14.8. The van der Waals surface area contributed by atoms with Crippen molar-refractivity contribution in [2.45, 2.75) is 58.2 Å². The largest absolute Gasteiger partial charge is 0.444 e. The highest BCUT2D eigenvalue weighted by molar-refractivity contribution is 6.36. The van der Waals surface area contributed by atoms with Crippen molar-refractivity contribution >= 4 is 35.2 Å². The number of carbonyl (C=O) groups excluding carboxylic acids is 2. The first-order valence-electron chi connectivity index (χ1n) is 8.39. The monoisotopic (exact) mass is 386 g/mol. The molecule has 1 aromatic carbocycles. The molecule has 1 atom stereocenters. The van der Waals surface area contributed by atoms with Crippen LogP contribution in [0.3, 0.4) is 0 Å². The van der Waals surface area contributed by atoms with Crippen LogP contribution < -0.4 is 5.32 Å². The number of nitrogens with zero attached hydrogens (tertiary/aromatic N) is 1. The SMILES string of the molecule is CC(C)(C)OC(=O)N1CCCC[C@H]1C(=O)NCc1c(Cl)cccc1Cl. The minimum atomic E-state index is -0.597. The number of piperidine rings is 1. The van der Waals surface area contributed by atoms with Crippen molar-refractivity contribution in [3.05, 3.63) is 33.8 Å². The number of ether oxygens (including phenoxy) is 1. The molecule has 0 bridgehead atoms. The molecule has 25 heavy (non-hydrogen) atoms. The van der Waals surface area contributed by atoms with Gasteiger partial charge in [-0.2, -0.15) is 0 Å². The normalized spacial score (nSPS) is 18.0. The van der Waals surface area contributed by atoms with Crippen LogP contribution in [-0.2, 0) is 16.1 Å². The van der Waals surface area contributed by atoms with Crippen LogP contribution in [0, 0.1) is 0 Å². The van der Waals surface area contributed by atoms with Crippen molar-refractivity contribution in [1.82, 2.24) is 10.2 Å². The van der Waals surface area contributed by atoms with E-state index in [9.17, 15) is 9.59 Å². The molecule has 5 nitrogen and oxygen atoms in total. The maximum atomic E-state index is 12.6. The van der Waals surface area contributed by atoms with E-state index >= 15 is 0 Å². The van der Waals surface area contributed by atoms with E-state index in [2.05, 4.69) is 5.32 Å². The van der Waals surface area contributed by atoms with Crippen molar-refractivity contribution in [1.29, 1.82) is 0 Å². The summed E-state index contributed by atoms with van der Waals surface area (Å²) in [6.45, 7) is 6.16. The number of carbonyl (C=O) groups is 2. The third-order valence-electron chi connectivity index (χ3n) is 3.93. The fourth-order valence-corrected chi connectivity index (χ4v) is 3.27. The average Bonchev–Trinajstić information content (AvgIpc) is 2.52. The Morgan fingerprint density at radius 1 is 1.24 bits per heavy atom. The van der Waals surface area contributed by atoms with Crippen LogP contribution in [0.1, 0.15) is 45.6 Å². The van der Waals surface area contributed by atoms with E-state index in [-0.39, 0.29) is 12.5 Å². The molecule has 2 amide bonds. The Kier molecular flexibility index (Phi) is 6.58. The Morgan fingerprint density at radius 2 is 1.88 bits per heavy atom. The second-order valence-electron chi connectivity index (χ2n) is 7.10. The van der Waals surface area contributed by atoms with Crippen LogP contribution in [0.15, 0.2) is 18.2 Å². The lowest BCUT2D eigenvalue weighted by molar-refractivity contribution is -0.127. The molecule has 2 rings (SSSR count). The van der Waals surface area contributed by atoms with Crippen LogP contribution in [0.2, 0.25) is 10.0 Å². The summed E-state index contributed by atoms with van der Waals surface area (Å²) in [6, 6.07) is 4.66. The van der Waals surface area contributed by atoms with Gasteiger partial charge in [-0.05, 0) is 52.2 Å². The number of nitrogens with one attached hydrogen (secondary N) is 1. The van der Waals surface area contributed by atoms with Gasteiger partial charge >= 0.3 is 6.09 Å². The Hall–Kier alpha value is -1.46. The smallest absolute Gasteiger partial charge is 0.410 e.